The molecular formula is C21H31N3O4. The number of carbonyl (C=O) groups is 2. The number of carbonyl (C=O) groups excluding carboxylic acids is 2. The van der Waals surface area contributed by atoms with Gasteiger partial charge in [-0.15, -0.1) is 0 Å². The minimum atomic E-state index is -0.489. The zero-order chi connectivity index (χ0) is 20.1. The maximum atomic E-state index is 12.4. The highest BCUT2D eigenvalue weighted by molar-refractivity contribution is 5.68. The number of amides is 2. The molecular weight excluding hydrogens is 358 g/mol. The summed E-state index contributed by atoms with van der Waals surface area (Å²) in [5.41, 5.74) is 0.500. The number of hydrogen-bond donors (Lipinski definition) is 1. The van der Waals surface area contributed by atoms with E-state index in [4.69, 9.17) is 9.47 Å². The van der Waals surface area contributed by atoms with Crippen molar-refractivity contribution in [2.75, 3.05) is 26.2 Å². The average Bonchev–Trinajstić information content (AvgIpc) is 2.62. The lowest BCUT2D eigenvalue weighted by molar-refractivity contribution is 0.0129. The minimum absolute atomic E-state index is 0.107. The SMILES string of the molecule is CC(C)(C)OC(=O)NC1CN(C2CCCN(C(=O)OCc3ccccc3)C2)C1. The molecule has 3 rings (SSSR count). The molecule has 2 aliphatic rings. The van der Waals surface area contributed by atoms with Crippen LogP contribution in [0.15, 0.2) is 30.3 Å². The number of ether oxygens (including phenoxy) is 2. The Hall–Kier alpha value is -2.28. The third-order valence-corrected chi connectivity index (χ3v) is 5.01. The van der Waals surface area contributed by atoms with Gasteiger partial charge in [-0.25, -0.2) is 9.59 Å². The van der Waals surface area contributed by atoms with Gasteiger partial charge in [-0.05, 0) is 39.2 Å². The van der Waals surface area contributed by atoms with E-state index in [2.05, 4.69) is 10.2 Å². The number of benzene rings is 1. The van der Waals surface area contributed by atoms with E-state index in [1.165, 1.54) is 0 Å². The molecule has 154 valence electrons. The fourth-order valence-corrected chi connectivity index (χ4v) is 3.61. The molecule has 0 spiro atoms. The van der Waals surface area contributed by atoms with Gasteiger partial charge in [-0.2, -0.15) is 0 Å². The van der Waals surface area contributed by atoms with Crippen molar-refractivity contribution in [3.63, 3.8) is 0 Å². The molecule has 1 aromatic rings. The summed E-state index contributed by atoms with van der Waals surface area (Å²) in [7, 11) is 0. The van der Waals surface area contributed by atoms with Crippen LogP contribution in [0, 0.1) is 0 Å². The molecule has 28 heavy (non-hydrogen) atoms. The van der Waals surface area contributed by atoms with Crippen molar-refractivity contribution < 1.29 is 19.1 Å². The number of nitrogens with one attached hydrogen (secondary N) is 1. The predicted molar refractivity (Wildman–Crippen MR) is 106 cm³/mol. The van der Waals surface area contributed by atoms with Crippen molar-refractivity contribution in [2.24, 2.45) is 0 Å². The van der Waals surface area contributed by atoms with Crippen molar-refractivity contribution in [3.8, 4) is 0 Å². The van der Waals surface area contributed by atoms with Gasteiger partial charge in [-0.1, -0.05) is 30.3 Å². The Balaban J connectivity index is 1.39. The summed E-state index contributed by atoms with van der Waals surface area (Å²) in [6.45, 7) is 8.85. The topological polar surface area (TPSA) is 71.1 Å². The molecule has 2 saturated heterocycles. The van der Waals surface area contributed by atoms with E-state index in [9.17, 15) is 9.59 Å². The maximum Gasteiger partial charge on any atom is 0.410 e. The number of rotatable bonds is 4. The van der Waals surface area contributed by atoms with Gasteiger partial charge in [-0.3, -0.25) is 4.90 Å². The summed E-state index contributed by atoms with van der Waals surface area (Å²) in [5.74, 6) is 0. The monoisotopic (exact) mass is 389 g/mol. The van der Waals surface area contributed by atoms with Crippen LogP contribution in [0.5, 0.6) is 0 Å². The van der Waals surface area contributed by atoms with E-state index in [-0.39, 0.29) is 18.2 Å². The quantitative estimate of drug-likeness (QED) is 0.857. The first-order chi connectivity index (χ1) is 13.3. The first-order valence-electron chi connectivity index (χ1n) is 9.99. The van der Waals surface area contributed by atoms with Gasteiger partial charge in [0.25, 0.3) is 0 Å². The molecule has 2 fully saturated rings. The Kier molecular flexibility index (Phi) is 6.44. The summed E-state index contributed by atoms with van der Waals surface area (Å²) in [6, 6.07) is 10.1. The normalized spacial score (nSPS) is 21.0. The van der Waals surface area contributed by atoms with Crippen LogP contribution < -0.4 is 5.32 Å². The minimum Gasteiger partial charge on any atom is -0.445 e. The molecule has 7 nitrogen and oxygen atoms in total. The van der Waals surface area contributed by atoms with Crippen LogP contribution in [0.4, 0.5) is 9.59 Å². The Morgan fingerprint density at radius 3 is 2.54 bits per heavy atom. The van der Waals surface area contributed by atoms with Gasteiger partial charge in [0.2, 0.25) is 0 Å². The van der Waals surface area contributed by atoms with Crippen LogP contribution in [-0.2, 0) is 16.1 Å². The largest absolute Gasteiger partial charge is 0.445 e. The molecule has 0 radical (unpaired) electrons. The summed E-state index contributed by atoms with van der Waals surface area (Å²) in [5, 5.41) is 2.91. The van der Waals surface area contributed by atoms with Crippen molar-refractivity contribution in [2.45, 2.75) is 57.9 Å². The van der Waals surface area contributed by atoms with Gasteiger partial charge in [0, 0.05) is 32.2 Å². The molecule has 1 unspecified atom stereocenters. The molecule has 0 bridgehead atoms. The second kappa shape index (κ2) is 8.82. The van der Waals surface area contributed by atoms with Crippen molar-refractivity contribution in [1.82, 2.24) is 15.1 Å². The zero-order valence-corrected chi connectivity index (χ0v) is 17.0. The fraction of sp³-hybridized carbons (Fsp3) is 0.619. The zero-order valence-electron chi connectivity index (χ0n) is 17.0. The fourth-order valence-electron chi connectivity index (χ4n) is 3.61. The van der Waals surface area contributed by atoms with E-state index >= 15 is 0 Å². The maximum absolute atomic E-state index is 12.4. The van der Waals surface area contributed by atoms with Crippen LogP contribution in [0.2, 0.25) is 0 Å². The molecule has 1 aromatic carbocycles. The molecule has 0 aromatic heterocycles. The van der Waals surface area contributed by atoms with E-state index in [1.807, 2.05) is 51.1 Å². The summed E-state index contributed by atoms with van der Waals surface area (Å²) < 4.78 is 10.8. The number of nitrogens with zero attached hydrogens (tertiary/aromatic N) is 2. The van der Waals surface area contributed by atoms with Crippen LogP contribution in [-0.4, -0.2) is 65.9 Å². The number of likely N-dealkylation sites (tertiary alicyclic amines) is 2. The summed E-state index contributed by atoms with van der Waals surface area (Å²) >= 11 is 0. The lowest BCUT2D eigenvalue weighted by atomic mass is 9.98. The van der Waals surface area contributed by atoms with Gasteiger partial charge in [0.1, 0.15) is 12.2 Å². The third-order valence-electron chi connectivity index (χ3n) is 5.01. The van der Waals surface area contributed by atoms with Crippen LogP contribution in [0.1, 0.15) is 39.2 Å². The highest BCUT2D eigenvalue weighted by Gasteiger charge is 2.37. The third kappa shape index (κ3) is 5.86. The first kappa shape index (κ1) is 20.5. The second-order valence-electron chi connectivity index (χ2n) is 8.58. The Bertz CT molecular complexity index is 668. The van der Waals surface area contributed by atoms with Crippen molar-refractivity contribution >= 4 is 12.2 Å². The van der Waals surface area contributed by atoms with Gasteiger partial charge >= 0.3 is 12.2 Å². The second-order valence-corrected chi connectivity index (χ2v) is 8.58. The Morgan fingerprint density at radius 2 is 1.86 bits per heavy atom. The number of alkyl carbamates (subject to hydrolysis) is 1. The van der Waals surface area contributed by atoms with E-state index in [1.54, 1.807) is 4.90 Å². The molecule has 0 aliphatic carbocycles. The lowest BCUT2D eigenvalue weighted by Crippen LogP contribution is -2.65. The van der Waals surface area contributed by atoms with Crippen LogP contribution >= 0.6 is 0 Å². The Labute approximate surface area is 167 Å². The van der Waals surface area contributed by atoms with E-state index in [0.717, 1.165) is 38.0 Å². The average molecular weight is 389 g/mol. The summed E-state index contributed by atoms with van der Waals surface area (Å²) in [4.78, 5) is 28.4. The smallest absolute Gasteiger partial charge is 0.410 e. The highest BCUT2D eigenvalue weighted by Crippen LogP contribution is 2.22. The van der Waals surface area contributed by atoms with Gasteiger partial charge in [0.05, 0.1) is 6.04 Å². The first-order valence-corrected chi connectivity index (χ1v) is 9.99. The standard InChI is InChI=1S/C21H31N3O4/c1-21(2,3)28-19(25)22-17-12-24(13-17)18-10-7-11-23(14-18)20(26)27-15-16-8-5-4-6-9-16/h4-6,8-9,17-18H,7,10-15H2,1-3H3,(H,22,25). The molecule has 2 heterocycles. The van der Waals surface area contributed by atoms with Crippen molar-refractivity contribution in [1.29, 1.82) is 0 Å². The molecule has 2 amide bonds. The lowest BCUT2D eigenvalue weighted by Gasteiger charge is -2.47. The molecule has 2 aliphatic heterocycles. The molecule has 7 heteroatoms. The number of piperidine rings is 1. The molecule has 0 saturated carbocycles. The van der Waals surface area contributed by atoms with Gasteiger partial charge in [0.15, 0.2) is 0 Å². The Morgan fingerprint density at radius 1 is 1.14 bits per heavy atom. The number of hydrogen-bond acceptors (Lipinski definition) is 5. The predicted octanol–water partition coefficient (Wildman–Crippen LogP) is 3.00. The van der Waals surface area contributed by atoms with Gasteiger partial charge < -0.3 is 19.7 Å². The van der Waals surface area contributed by atoms with E-state index in [0.29, 0.717) is 19.2 Å². The summed E-state index contributed by atoms with van der Waals surface area (Å²) in [6.07, 6.45) is 1.40. The molecule has 1 atom stereocenters. The van der Waals surface area contributed by atoms with Crippen LogP contribution in [0.3, 0.4) is 0 Å². The van der Waals surface area contributed by atoms with E-state index < -0.39 is 5.60 Å². The highest BCUT2D eigenvalue weighted by atomic mass is 16.6. The van der Waals surface area contributed by atoms with Crippen LogP contribution in [0.25, 0.3) is 0 Å². The van der Waals surface area contributed by atoms with Crippen molar-refractivity contribution in [3.05, 3.63) is 35.9 Å². The molecule has 1 N–H and O–H groups in total.